The summed E-state index contributed by atoms with van der Waals surface area (Å²) in [5.74, 6) is 1.51. The van der Waals surface area contributed by atoms with Crippen LogP contribution >= 0.6 is 0 Å². The second-order valence-electron chi connectivity index (χ2n) is 3.72. The highest BCUT2D eigenvalue weighted by molar-refractivity contribution is 5.81. The molecule has 2 amide bonds. The van der Waals surface area contributed by atoms with E-state index in [1.54, 1.807) is 0 Å². The highest BCUT2D eigenvalue weighted by Crippen LogP contribution is 2.20. The average Bonchev–Trinajstić information content (AvgIpc) is 2.42. The largest absolute Gasteiger partial charge is 0.457 e. The van der Waals surface area contributed by atoms with Crippen molar-refractivity contribution < 1.29 is 9.53 Å². The molecule has 0 aliphatic rings. The van der Waals surface area contributed by atoms with Crippen molar-refractivity contribution in [2.45, 2.75) is 0 Å². The van der Waals surface area contributed by atoms with Crippen molar-refractivity contribution >= 4 is 12.2 Å². The van der Waals surface area contributed by atoms with Crippen LogP contribution < -0.4 is 15.9 Å². The zero-order valence-corrected chi connectivity index (χ0v) is 10.1. The number of rotatable bonds is 4. The fourth-order valence-corrected chi connectivity index (χ4v) is 1.42. The summed E-state index contributed by atoms with van der Waals surface area (Å²) in [6, 6.07) is 16.1. The number of primary amides is 1. The van der Waals surface area contributed by atoms with Crippen molar-refractivity contribution in [1.29, 1.82) is 0 Å². The van der Waals surface area contributed by atoms with Crippen LogP contribution in [0.3, 0.4) is 0 Å². The Morgan fingerprint density at radius 3 is 2.32 bits per heavy atom. The molecule has 96 valence electrons. The predicted molar refractivity (Wildman–Crippen MR) is 73.3 cm³/mol. The van der Waals surface area contributed by atoms with Crippen molar-refractivity contribution in [3.8, 4) is 11.5 Å². The lowest BCUT2D eigenvalue weighted by Gasteiger charge is -2.05. The summed E-state index contributed by atoms with van der Waals surface area (Å²) in [6.45, 7) is 0. The summed E-state index contributed by atoms with van der Waals surface area (Å²) in [4.78, 5) is 10.4. The van der Waals surface area contributed by atoms with E-state index in [0.717, 1.165) is 17.1 Å². The third-order valence-corrected chi connectivity index (χ3v) is 2.25. The maximum absolute atomic E-state index is 10.4. The molecule has 0 radical (unpaired) electrons. The molecule has 2 rings (SSSR count). The molecule has 2 aromatic carbocycles. The van der Waals surface area contributed by atoms with E-state index in [0.29, 0.717) is 0 Å². The quantitative estimate of drug-likeness (QED) is 0.650. The van der Waals surface area contributed by atoms with Gasteiger partial charge in [0.05, 0.1) is 6.21 Å². The van der Waals surface area contributed by atoms with E-state index in [4.69, 9.17) is 10.5 Å². The topological polar surface area (TPSA) is 76.7 Å². The number of amides is 2. The lowest BCUT2D eigenvalue weighted by Crippen LogP contribution is -2.24. The monoisotopic (exact) mass is 255 g/mol. The lowest BCUT2D eigenvalue weighted by atomic mass is 10.2. The molecule has 5 nitrogen and oxygen atoms in total. The highest BCUT2D eigenvalue weighted by Gasteiger charge is 1.96. The van der Waals surface area contributed by atoms with Gasteiger partial charge in [-0.25, -0.2) is 10.2 Å². The standard InChI is InChI=1S/C14H13N3O2/c15-14(18)17-16-10-11-6-8-13(9-7-11)19-12-4-2-1-3-5-12/h1-10H,(H3,15,17,18)/b16-10-. The van der Waals surface area contributed by atoms with E-state index in [2.05, 4.69) is 10.5 Å². The molecule has 0 unspecified atom stereocenters. The summed E-state index contributed by atoms with van der Waals surface area (Å²) < 4.78 is 5.64. The number of hydrazone groups is 1. The molecule has 0 aliphatic heterocycles. The van der Waals surface area contributed by atoms with Gasteiger partial charge in [0.1, 0.15) is 11.5 Å². The van der Waals surface area contributed by atoms with E-state index in [-0.39, 0.29) is 0 Å². The molecule has 0 bridgehead atoms. The summed E-state index contributed by atoms with van der Waals surface area (Å²) >= 11 is 0. The number of para-hydroxylation sites is 1. The van der Waals surface area contributed by atoms with Crippen molar-refractivity contribution in [3.05, 3.63) is 60.2 Å². The Balaban J connectivity index is 1.98. The van der Waals surface area contributed by atoms with Crippen LogP contribution in [0.2, 0.25) is 0 Å². The summed E-state index contributed by atoms with van der Waals surface area (Å²) in [7, 11) is 0. The third kappa shape index (κ3) is 4.16. The Morgan fingerprint density at radius 2 is 1.68 bits per heavy atom. The number of carbonyl (C=O) groups is 1. The van der Waals surface area contributed by atoms with Gasteiger partial charge in [-0.3, -0.25) is 0 Å². The van der Waals surface area contributed by atoms with Gasteiger partial charge in [0.25, 0.3) is 0 Å². The fourth-order valence-electron chi connectivity index (χ4n) is 1.42. The van der Waals surface area contributed by atoms with Crippen LogP contribution in [0.5, 0.6) is 11.5 Å². The predicted octanol–water partition coefficient (Wildman–Crippen LogP) is 2.48. The molecule has 3 N–H and O–H groups in total. The maximum Gasteiger partial charge on any atom is 0.332 e. The molecule has 19 heavy (non-hydrogen) atoms. The maximum atomic E-state index is 10.4. The fraction of sp³-hybridized carbons (Fsp3) is 0. The first kappa shape index (κ1) is 12.6. The minimum Gasteiger partial charge on any atom is -0.457 e. The van der Waals surface area contributed by atoms with Crippen molar-refractivity contribution in [3.63, 3.8) is 0 Å². The number of nitrogens with one attached hydrogen (secondary N) is 1. The summed E-state index contributed by atoms with van der Waals surface area (Å²) in [5.41, 5.74) is 7.84. The highest BCUT2D eigenvalue weighted by atomic mass is 16.5. The molecule has 0 aliphatic carbocycles. The molecule has 0 spiro atoms. The molecule has 0 saturated carbocycles. The van der Waals surface area contributed by atoms with Crippen LogP contribution in [0, 0.1) is 0 Å². The zero-order chi connectivity index (χ0) is 13.5. The van der Waals surface area contributed by atoms with E-state index in [1.807, 2.05) is 54.6 Å². The normalized spacial score (nSPS) is 10.3. The van der Waals surface area contributed by atoms with E-state index < -0.39 is 6.03 Å². The van der Waals surface area contributed by atoms with Crippen LogP contribution in [0.15, 0.2) is 59.7 Å². The molecule has 5 heteroatoms. The second kappa shape index (κ2) is 6.20. The van der Waals surface area contributed by atoms with Gasteiger partial charge in [-0.1, -0.05) is 18.2 Å². The van der Waals surface area contributed by atoms with Gasteiger partial charge < -0.3 is 10.5 Å². The molecular weight excluding hydrogens is 242 g/mol. The molecule has 0 atom stereocenters. The van der Waals surface area contributed by atoms with Gasteiger partial charge in [-0.15, -0.1) is 0 Å². The molecule has 2 aromatic rings. The van der Waals surface area contributed by atoms with Gasteiger partial charge in [-0.2, -0.15) is 5.10 Å². The first-order valence-electron chi connectivity index (χ1n) is 5.65. The van der Waals surface area contributed by atoms with Crippen molar-refractivity contribution in [2.75, 3.05) is 0 Å². The Kier molecular flexibility index (Phi) is 4.12. The first-order valence-corrected chi connectivity index (χ1v) is 5.65. The smallest absolute Gasteiger partial charge is 0.332 e. The molecular formula is C14H13N3O2. The van der Waals surface area contributed by atoms with Gasteiger partial charge in [-0.05, 0) is 42.0 Å². The van der Waals surface area contributed by atoms with Crippen LogP contribution in [0.4, 0.5) is 4.79 Å². The number of nitrogens with two attached hydrogens (primary N) is 1. The molecule has 0 saturated heterocycles. The average molecular weight is 255 g/mol. The van der Waals surface area contributed by atoms with Crippen LogP contribution in [-0.4, -0.2) is 12.2 Å². The van der Waals surface area contributed by atoms with Gasteiger partial charge >= 0.3 is 6.03 Å². The Labute approximate surface area is 110 Å². The Hall–Kier alpha value is -2.82. The number of nitrogens with zero attached hydrogens (tertiary/aromatic N) is 1. The van der Waals surface area contributed by atoms with E-state index in [1.165, 1.54) is 6.21 Å². The van der Waals surface area contributed by atoms with Crippen molar-refractivity contribution in [1.82, 2.24) is 5.43 Å². The summed E-state index contributed by atoms with van der Waals surface area (Å²) in [5, 5.41) is 3.66. The second-order valence-corrected chi connectivity index (χ2v) is 3.72. The third-order valence-electron chi connectivity index (χ3n) is 2.25. The van der Waals surface area contributed by atoms with Crippen LogP contribution in [0.25, 0.3) is 0 Å². The van der Waals surface area contributed by atoms with Crippen LogP contribution in [0.1, 0.15) is 5.56 Å². The number of carbonyl (C=O) groups excluding carboxylic acids is 1. The minimum absolute atomic E-state index is 0.694. The number of urea groups is 1. The van der Waals surface area contributed by atoms with Gasteiger partial charge in [0.15, 0.2) is 0 Å². The Bertz CT molecular complexity index is 565. The van der Waals surface area contributed by atoms with E-state index >= 15 is 0 Å². The van der Waals surface area contributed by atoms with Gasteiger partial charge in [0.2, 0.25) is 0 Å². The van der Waals surface area contributed by atoms with Crippen LogP contribution in [-0.2, 0) is 0 Å². The zero-order valence-electron chi connectivity index (χ0n) is 10.1. The minimum atomic E-state index is -0.694. The van der Waals surface area contributed by atoms with E-state index in [9.17, 15) is 4.79 Å². The summed E-state index contributed by atoms with van der Waals surface area (Å²) in [6.07, 6.45) is 1.50. The lowest BCUT2D eigenvalue weighted by molar-refractivity contribution is 0.249. The van der Waals surface area contributed by atoms with Gasteiger partial charge in [0, 0.05) is 0 Å². The number of ether oxygens (including phenoxy) is 1. The molecule has 0 fully saturated rings. The number of hydrogen-bond donors (Lipinski definition) is 2. The number of benzene rings is 2. The Morgan fingerprint density at radius 1 is 1.05 bits per heavy atom. The molecule has 0 heterocycles. The SMILES string of the molecule is NC(=O)N/N=C\c1ccc(Oc2ccccc2)cc1. The first-order chi connectivity index (χ1) is 9.24. The molecule has 0 aromatic heterocycles. The number of hydrogen-bond acceptors (Lipinski definition) is 3. The van der Waals surface area contributed by atoms with Crippen molar-refractivity contribution in [2.24, 2.45) is 10.8 Å².